The third-order valence-corrected chi connectivity index (χ3v) is 5.17. The van der Waals surface area contributed by atoms with E-state index in [1.807, 2.05) is 13.8 Å². The van der Waals surface area contributed by atoms with Crippen LogP contribution in [0.4, 0.5) is 0 Å². The molecule has 1 aromatic carbocycles. The first-order chi connectivity index (χ1) is 12.1. The summed E-state index contributed by atoms with van der Waals surface area (Å²) in [7, 11) is 0. The van der Waals surface area contributed by atoms with Gasteiger partial charge in [-0.05, 0) is 55.9 Å². The molecule has 0 radical (unpaired) electrons. The van der Waals surface area contributed by atoms with Gasteiger partial charge in [0.15, 0.2) is 0 Å². The molecule has 5 heteroatoms. The van der Waals surface area contributed by atoms with Crippen molar-refractivity contribution in [2.45, 2.75) is 47.5 Å². The Morgan fingerprint density at radius 3 is 1.92 bits per heavy atom. The Morgan fingerprint density at radius 2 is 1.54 bits per heavy atom. The molecule has 0 saturated heterocycles. The molecule has 0 aliphatic carbocycles. The molecule has 0 aromatic heterocycles. The van der Waals surface area contributed by atoms with Crippen LogP contribution in [0.5, 0.6) is 0 Å². The summed E-state index contributed by atoms with van der Waals surface area (Å²) in [6, 6.07) is 6.87. The summed E-state index contributed by atoms with van der Waals surface area (Å²) in [6.07, 6.45) is 1.55. The summed E-state index contributed by atoms with van der Waals surface area (Å²) in [6.45, 7) is 9.37. The molecule has 0 saturated carbocycles. The van der Waals surface area contributed by atoms with Crippen LogP contribution >= 0.6 is 0 Å². The molecular formula is C21H31N3O2. The van der Waals surface area contributed by atoms with Crippen LogP contribution < -0.4 is 11.5 Å². The lowest BCUT2D eigenvalue weighted by Crippen LogP contribution is -2.23. The van der Waals surface area contributed by atoms with Gasteiger partial charge < -0.3 is 16.9 Å². The second kappa shape index (κ2) is 9.32. The highest BCUT2D eigenvalue weighted by Crippen LogP contribution is 2.34. The summed E-state index contributed by atoms with van der Waals surface area (Å²) in [5.41, 5.74) is 15.2. The topological polar surface area (TPSA) is 110 Å². The maximum atomic E-state index is 11.7. The zero-order valence-corrected chi connectivity index (χ0v) is 16.4. The molecule has 0 aliphatic heterocycles. The summed E-state index contributed by atoms with van der Waals surface area (Å²) in [4.78, 5) is 23.0. The number of carbonyl (C=O) groups is 2. The largest absolute Gasteiger partial charge is 0.398 e. The third-order valence-electron chi connectivity index (χ3n) is 5.17. The molecule has 0 aliphatic rings. The molecule has 142 valence electrons. The lowest BCUT2D eigenvalue weighted by Gasteiger charge is -2.28. The first kappa shape index (κ1) is 21.6. The molecule has 1 amide bonds. The number of ketones is 1. The molecule has 3 unspecified atom stereocenters. The summed E-state index contributed by atoms with van der Waals surface area (Å²) in [5.74, 6) is -0.385. The number of carbonyl (C=O) groups excluding carboxylic acids is 2. The van der Waals surface area contributed by atoms with Crippen molar-refractivity contribution in [1.29, 1.82) is 5.41 Å². The van der Waals surface area contributed by atoms with Gasteiger partial charge in [-0.2, -0.15) is 0 Å². The molecule has 1 rings (SSSR count). The van der Waals surface area contributed by atoms with Crippen LogP contribution in [0.1, 0.15) is 63.4 Å². The SMILES string of the molecule is CCC(CC(C)C(C)=O)/C(=C(/N)c1ccc(C(N)=O)cc1)C(C)C(C)=N. The highest BCUT2D eigenvalue weighted by atomic mass is 16.1. The molecule has 26 heavy (non-hydrogen) atoms. The Hall–Kier alpha value is -2.43. The fourth-order valence-corrected chi connectivity index (χ4v) is 3.13. The van der Waals surface area contributed by atoms with E-state index in [1.165, 1.54) is 0 Å². The van der Waals surface area contributed by atoms with Crippen LogP contribution in [0.3, 0.4) is 0 Å². The zero-order valence-electron chi connectivity index (χ0n) is 16.4. The van der Waals surface area contributed by atoms with Gasteiger partial charge in [-0.25, -0.2) is 0 Å². The van der Waals surface area contributed by atoms with Crippen molar-refractivity contribution >= 4 is 23.1 Å². The minimum Gasteiger partial charge on any atom is -0.398 e. The van der Waals surface area contributed by atoms with E-state index in [2.05, 4.69) is 6.92 Å². The van der Waals surface area contributed by atoms with E-state index < -0.39 is 5.91 Å². The van der Waals surface area contributed by atoms with Crippen LogP contribution in [0, 0.1) is 23.2 Å². The van der Waals surface area contributed by atoms with E-state index in [1.54, 1.807) is 38.1 Å². The summed E-state index contributed by atoms with van der Waals surface area (Å²) >= 11 is 0. The average molecular weight is 357 g/mol. The number of allylic oxidation sites excluding steroid dienone is 1. The second-order valence-corrected chi connectivity index (χ2v) is 7.07. The second-order valence-electron chi connectivity index (χ2n) is 7.07. The first-order valence-corrected chi connectivity index (χ1v) is 9.05. The van der Waals surface area contributed by atoms with Gasteiger partial charge in [-0.1, -0.05) is 32.9 Å². The average Bonchev–Trinajstić information content (AvgIpc) is 2.60. The number of rotatable bonds is 9. The van der Waals surface area contributed by atoms with Crippen molar-refractivity contribution in [3.63, 3.8) is 0 Å². The van der Waals surface area contributed by atoms with Crippen LogP contribution in [0.25, 0.3) is 5.70 Å². The lowest BCUT2D eigenvalue weighted by atomic mass is 9.77. The third kappa shape index (κ3) is 5.28. The van der Waals surface area contributed by atoms with E-state index in [9.17, 15) is 9.59 Å². The van der Waals surface area contributed by atoms with Gasteiger partial charge in [0.2, 0.25) is 5.91 Å². The summed E-state index contributed by atoms with van der Waals surface area (Å²) < 4.78 is 0. The highest BCUT2D eigenvalue weighted by Gasteiger charge is 2.26. The fraction of sp³-hybridized carbons (Fsp3) is 0.476. The van der Waals surface area contributed by atoms with Crippen molar-refractivity contribution in [2.75, 3.05) is 0 Å². The van der Waals surface area contributed by atoms with E-state index >= 15 is 0 Å². The predicted octanol–water partition coefficient (Wildman–Crippen LogP) is 3.77. The number of primary amides is 1. The van der Waals surface area contributed by atoms with Gasteiger partial charge in [0.1, 0.15) is 5.78 Å². The van der Waals surface area contributed by atoms with Crippen molar-refractivity contribution in [3.05, 3.63) is 41.0 Å². The number of hydrogen-bond acceptors (Lipinski definition) is 4. The van der Waals surface area contributed by atoms with Crippen LogP contribution in [0.15, 0.2) is 29.8 Å². The van der Waals surface area contributed by atoms with Crippen LogP contribution in [0.2, 0.25) is 0 Å². The van der Waals surface area contributed by atoms with E-state index in [-0.39, 0.29) is 23.5 Å². The maximum absolute atomic E-state index is 11.7. The van der Waals surface area contributed by atoms with Crippen molar-refractivity contribution in [2.24, 2.45) is 29.2 Å². The van der Waals surface area contributed by atoms with Gasteiger partial charge >= 0.3 is 0 Å². The van der Waals surface area contributed by atoms with E-state index in [4.69, 9.17) is 16.9 Å². The van der Waals surface area contributed by atoms with Crippen LogP contribution in [-0.4, -0.2) is 17.4 Å². The Balaban J connectivity index is 3.41. The number of nitrogens with two attached hydrogens (primary N) is 2. The lowest BCUT2D eigenvalue weighted by molar-refractivity contribution is -0.120. The molecule has 0 spiro atoms. The number of hydrogen-bond donors (Lipinski definition) is 3. The Morgan fingerprint density at radius 1 is 1.04 bits per heavy atom. The maximum Gasteiger partial charge on any atom is 0.248 e. The number of benzene rings is 1. The van der Waals surface area contributed by atoms with Crippen molar-refractivity contribution < 1.29 is 9.59 Å². The normalized spacial score (nSPS) is 15.6. The number of amides is 1. The Kier molecular flexibility index (Phi) is 7.75. The van der Waals surface area contributed by atoms with Gasteiger partial charge in [-0.3, -0.25) is 9.59 Å². The van der Waals surface area contributed by atoms with Crippen molar-refractivity contribution in [1.82, 2.24) is 0 Å². The minimum absolute atomic E-state index is 0.0572. The number of Topliss-reactive ketones (excluding diaryl/α,β-unsaturated/α-hetero) is 1. The van der Waals surface area contributed by atoms with Crippen molar-refractivity contribution in [3.8, 4) is 0 Å². The minimum atomic E-state index is -0.482. The molecule has 3 atom stereocenters. The quantitative estimate of drug-likeness (QED) is 0.585. The molecule has 0 fully saturated rings. The highest BCUT2D eigenvalue weighted by molar-refractivity contribution is 5.93. The smallest absolute Gasteiger partial charge is 0.248 e. The van der Waals surface area contributed by atoms with E-state index in [0.29, 0.717) is 23.4 Å². The van der Waals surface area contributed by atoms with Crippen LogP contribution in [-0.2, 0) is 4.79 Å². The zero-order chi connectivity index (χ0) is 20.0. The monoisotopic (exact) mass is 357 g/mol. The van der Waals surface area contributed by atoms with Gasteiger partial charge in [0, 0.05) is 28.8 Å². The van der Waals surface area contributed by atoms with Gasteiger partial charge in [0.05, 0.1) is 0 Å². The Labute approximate surface area is 156 Å². The molecule has 5 N–H and O–H groups in total. The molecule has 0 heterocycles. The molecule has 1 aromatic rings. The van der Waals surface area contributed by atoms with Gasteiger partial charge in [-0.15, -0.1) is 0 Å². The molecule has 5 nitrogen and oxygen atoms in total. The van der Waals surface area contributed by atoms with E-state index in [0.717, 1.165) is 17.6 Å². The van der Waals surface area contributed by atoms with Gasteiger partial charge in [0.25, 0.3) is 0 Å². The predicted molar refractivity (Wildman–Crippen MR) is 107 cm³/mol. The first-order valence-electron chi connectivity index (χ1n) is 9.05. The summed E-state index contributed by atoms with van der Waals surface area (Å²) in [5, 5.41) is 8.09. The molecule has 0 bridgehead atoms. The fourth-order valence-electron chi connectivity index (χ4n) is 3.13. The standard InChI is InChI=1S/C21H31N3O2/c1-6-16(11-12(2)15(5)25)19(13(3)14(4)22)20(23)17-7-9-18(10-8-17)21(24)26/h7-10,12-13,16,22H,6,11,23H2,1-5H3,(H2,24,26)/b20-19+,22-14?. The Bertz CT molecular complexity index is 704. The number of nitrogens with one attached hydrogen (secondary N) is 1. The molecular weight excluding hydrogens is 326 g/mol.